The molecule has 2 rings (SSSR count). The van der Waals surface area contributed by atoms with Gasteiger partial charge in [-0.2, -0.15) is 0 Å². The Morgan fingerprint density at radius 1 is 1.19 bits per heavy atom. The van der Waals surface area contributed by atoms with E-state index in [4.69, 9.17) is 0 Å². The SMILES string of the molecule is CCCNC1CCC(NC(=O)c2ccc(C)nc2C)CC1. The maximum Gasteiger partial charge on any atom is 0.253 e. The van der Waals surface area contributed by atoms with Crippen LogP contribution >= 0.6 is 0 Å². The molecule has 0 spiro atoms. The molecule has 0 saturated heterocycles. The fourth-order valence-corrected chi connectivity index (χ4v) is 2.98. The lowest BCUT2D eigenvalue weighted by Gasteiger charge is -2.29. The molecular weight excluding hydrogens is 262 g/mol. The van der Waals surface area contributed by atoms with Crippen molar-refractivity contribution < 1.29 is 4.79 Å². The van der Waals surface area contributed by atoms with Gasteiger partial charge >= 0.3 is 0 Å². The summed E-state index contributed by atoms with van der Waals surface area (Å²) in [6, 6.07) is 4.70. The largest absolute Gasteiger partial charge is 0.349 e. The third-order valence-electron chi connectivity index (χ3n) is 4.22. The van der Waals surface area contributed by atoms with Gasteiger partial charge in [-0.25, -0.2) is 0 Å². The first-order valence-electron chi connectivity index (χ1n) is 8.08. The Kier molecular flexibility index (Phi) is 5.74. The quantitative estimate of drug-likeness (QED) is 0.876. The normalized spacial score (nSPS) is 22.0. The van der Waals surface area contributed by atoms with Crippen LogP contribution in [-0.2, 0) is 0 Å². The first-order chi connectivity index (χ1) is 10.1. The Labute approximate surface area is 127 Å². The van der Waals surface area contributed by atoms with Crippen molar-refractivity contribution in [3.63, 3.8) is 0 Å². The van der Waals surface area contributed by atoms with Crippen LogP contribution in [-0.4, -0.2) is 29.5 Å². The van der Waals surface area contributed by atoms with Gasteiger partial charge in [0.15, 0.2) is 0 Å². The molecule has 1 amide bonds. The van der Waals surface area contributed by atoms with Gasteiger partial charge in [-0.1, -0.05) is 6.92 Å². The van der Waals surface area contributed by atoms with Crippen LogP contribution in [0.3, 0.4) is 0 Å². The molecule has 1 fully saturated rings. The third kappa shape index (κ3) is 4.53. The van der Waals surface area contributed by atoms with Crippen LogP contribution in [0, 0.1) is 13.8 Å². The maximum atomic E-state index is 12.3. The highest BCUT2D eigenvalue weighted by Crippen LogP contribution is 2.19. The molecule has 2 N–H and O–H groups in total. The van der Waals surface area contributed by atoms with E-state index in [9.17, 15) is 4.79 Å². The molecule has 0 aromatic carbocycles. The highest BCUT2D eigenvalue weighted by molar-refractivity contribution is 5.95. The van der Waals surface area contributed by atoms with Gasteiger partial charge in [-0.15, -0.1) is 0 Å². The van der Waals surface area contributed by atoms with Crippen molar-refractivity contribution >= 4 is 5.91 Å². The van der Waals surface area contributed by atoms with Crippen LogP contribution in [0.25, 0.3) is 0 Å². The number of pyridine rings is 1. The summed E-state index contributed by atoms with van der Waals surface area (Å²) >= 11 is 0. The summed E-state index contributed by atoms with van der Waals surface area (Å²) in [6.45, 7) is 7.12. The zero-order chi connectivity index (χ0) is 15.2. The zero-order valence-corrected chi connectivity index (χ0v) is 13.4. The monoisotopic (exact) mass is 289 g/mol. The number of hydrogen-bond donors (Lipinski definition) is 2. The fraction of sp³-hybridized carbons (Fsp3) is 0.647. The Balaban J connectivity index is 1.84. The number of hydrogen-bond acceptors (Lipinski definition) is 3. The van der Waals surface area contributed by atoms with Gasteiger partial charge in [0.2, 0.25) is 0 Å². The predicted molar refractivity (Wildman–Crippen MR) is 85.5 cm³/mol. The smallest absolute Gasteiger partial charge is 0.253 e. The number of nitrogens with zero attached hydrogens (tertiary/aromatic N) is 1. The molecule has 4 nitrogen and oxygen atoms in total. The summed E-state index contributed by atoms with van der Waals surface area (Å²) < 4.78 is 0. The Bertz CT molecular complexity index is 479. The highest BCUT2D eigenvalue weighted by Gasteiger charge is 2.22. The second-order valence-corrected chi connectivity index (χ2v) is 6.06. The van der Waals surface area contributed by atoms with E-state index in [-0.39, 0.29) is 5.91 Å². The lowest BCUT2D eigenvalue weighted by molar-refractivity contribution is 0.0923. The van der Waals surface area contributed by atoms with Gasteiger partial charge in [0.25, 0.3) is 5.91 Å². The molecule has 4 heteroatoms. The minimum absolute atomic E-state index is 0.0185. The summed E-state index contributed by atoms with van der Waals surface area (Å²) in [5.74, 6) is 0.0185. The molecule has 116 valence electrons. The Morgan fingerprint density at radius 3 is 2.48 bits per heavy atom. The van der Waals surface area contributed by atoms with E-state index >= 15 is 0 Å². The van der Waals surface area contributed by atoms with Gasteiger partial charge in [-0.05, 0) is 64.6 Å². The first-order valence-corrected chi connectivity index (χ1v) is 8.08. The lowest BCUT2D eigenvalue weighted by atomic mass is 9.91. The van der Waals surface area contributed by atoms with Crippen molar-refractivity contribution in [2.45, 2.75) is 65.0 Å². The maximum absolute atomic E-state index is 12.3. The number of carbonyl (C=O) groups is 1. The van der Waals surface area contributed by atoms with Crippen LogP contribution in [0.4, 0.5) is 0 Å². The van der Waals surface area contributed by atoms with Crippen molar-refractivity contribution in [1.29, 1.82) is 0 Å². The third-order valence-corrected chi connectivity index (χ3v) is 4.22. The molecule has 1 aliphatic carbocycles. The van der Waals surface area contributed by atoms with Crippen molar-refractivity contribution in [1.82, 2.24) is 15.6 Å². The molecule has 0 aliphatic heterocycles. The molecule has 21 heavy (non-hydrogen) atoms. The van der Waals surface area contributed by atoms with E-state index < -0.39 is 0 Å². The molecule has 1 aliphatic rings. The van der Waals surface area contributed by atoms with Gasteiger partial charge in [0, 0.05) is 17.8 Å². The minimum atomic E-state index is 0.0185. The second kappa shape index (κ2) is 7.55. The van der Waals surface area contributed by atoms with Crippen molar-refractivity contribution in [3.05, 3.63) is 29.1 Å². The molecule has 0 bridgehead atoms. The topological polar surface area (TPSA) is 54.0 Å². The van der Waals surface area contributed by atoms with Gasteiger partial charge in [0.1, 0.15) is 0 Å². The van der Waals surface area contributed by atoms with E-state index in [2.05, 4.69) is 22.5 Å². The summed E-state index contributed by atoms with van der Waals surface area (Å²) in [5, 5.41) is 6.73. The molecule has 1 aromatic heterocycles. The number of carbonyl (C=O) groups excluding carboxylic acids is 1. The summed E-state index contributed by atoms with van der Waals surface area (Å²) in [4.78, 5) is 16.7. The summed E-state index contributed by atoms with van der Waals surface area (Å²) in [6.07, 6.45) is 5.60. The molecule has 1 heterocycles. The van der Waals surface area contributed by atoms with Crippen molar-refractivity contribution in [2.24, 2.45) is 0 Å². The summed E-state index contributed by atoms with van der Waals surface area (Å²) in [7, 11) is 0. The number of rotatable bonds is 5. The van der Waals surface area contributed by atoms with Gasteiger partial charge < -0.3 is 10.6 Å². The van der Waals surface area contributed by atoms with E-state index in [0.29, 0.717) is 17.6 Å². The molecule has 1 saturated carbocycles. The number of nitrogens with one attached hydrogen (secondary N) is 2. The van der Waals surface area contributed by atoms with E-state index in [1.165, 1.54) is 6.42 Å². The highest BCUT2D eigenvalue weighted by atomic mass is 16.1. The second-order valence-electron chi connectivity index (χ2n) is 6.06. The number of amides is 1. The van der Waals surface area contributed by atoms with Crippen LogP contribution < -0.4 is 10.6 Å². The van der Waals surface area contributed by atoms with Crippen molar-refractivity contribution in [3.8, 4) is 0 Å². The fourth-order valence-electron chi connectivity index (χ4n) is 2.98. The minimum Gasteiger partial charge on any atom is -0.349 e. The molecule has 1 aromatic rings. The van der Waals surface area contributed by atoms with Crippen LogP contribution in [0.5, 0.6) is 0 Å². The number of aromatic nitrogens is 1. The first kappa shape index (κ1) is 16.0. The average Bonchev–Trinajstić information content (AvgIpc) is 2.46. The van der Waals surface area contributed by atoms with Gasteiger partial charge in [-0.3, -0.25) is 9.78 Å². The number of aryl methyl sites for hydroxylation is 2. The van der Waals surface area contributed by atoms with Crippen molar-refractivity contribution in [2.75, 3.05) is 6.54 Å². The van der Waals surface area contributed by atoms with E-state index in [1.54, 1.807) is 0 Å². The Morgan fingerprint density at radius 2 is 1.86 bits per heavy atom. The van der Waals surface area contributed by atoms with Gasteiger partial charge in [0.05, 0.1) is 11.3 Å². The Hall–Kier alpha value is -1.42. The van der Waals surface area contributed by atoms with Crippen LogP contribution in [0.1, 0.15) is 60.8 Å². The molecule has 0 atom stereocenters. The predicted octanol–water partition coefficient (Wildman–Crippen LogP) is 2.74. The van der Waals surface area contributed by atoms with Crippen LogP contribution in [0.15, 0.2) is 12.1 Å². The van der Waals surface area contributed by atoms with E-state index in [1.807, 2.05) is 26.0 Å². The zero-order valence-electron chi connectivity index (χ0n) is 13.4. The molecule has 0 unspecified atom stereocenters. The summed E-state index contributed by atoms with van der Waals surface area (Å²) in [5.41, 5.74) is 2.46. The molecular formula is C17H27N3O. The average molecular weight is 289 g/mol. The standard InChI is InChI=1S/C17H27N3O/c1-4-11-18-14-6-8-15(9-7-14)20-17(21)16-10-5-12(2)19-13(16)3/h5,10,14-15,18H,4,6-9,11H2,1-3H3,(H,20,21). The molecule has 0 radical (unpaired) electrons. The van der Waals surface area contributed by atoms with E-state index in [0.717, 1.165) is 43.6 Å². The van der Waals surface area contributed by atoms with Crippen LogP contribution in [0.2, 0.25) is 0 Å². The lowest BCUT2D eigenvalue weighted by Crippen LogP contribution is -2.42.